The number of H-pyrrole nitrogens is 1. The molecule has 1 aromatic carbocycles. The van der Waals surface area contributed by atoms with E-state index in [1.165, 1.54) is 0 Å². The molecular formula is C24H31N5O8. The second-order valence-corrected chi connectivity index (χ2v) is 8.72. The summed E-state index contributed by atoms with van der Waals surface area (Å²) in [5.41, 5.74) is 1.32. The molecule has 200 valence electrons. The van der Waals surface area contributed by atoms with Gasteiger partial charge in [-0.05, 0) is 38.1 Å². The van der Waals surface area contributed by atoms with E-state index in [1.807, 2.05) is 4.90 Å². The van der Waals surface area contributed by atoms with Crippen molar-refractivity contribution in [1.82, 2.24) is 19.9 Å². The first-order chi connectivity index (χ1) is 17.9. The highest BCUT2D eigenvalue weighted by Gasteiger charge is 2.36. The lowest BCUT2D eigenvalue weighted by Gasteiger charge is -2.38. The molecule has 2 aromatic rings. The van der Waals surface area contributed by atoms with Gasteiger partial charge in [0.25, 0.3) is 0 Å². The lowest BCUT2D eigenvalue weighted by Crippen LogP contribution is -2.54. The van der Waals surface area contributed by atoms with Crippen LogP contribution in [0.4, 0.5) is 10.5 Å². The molecule has 2 atom stereocenters. The number of amides is 1. The fraction of sp³-hybridized carbons (Fsp3) is 0.542. The number of carbonyl (C=O) groups is 3. The van der Waals surface area contributed by atoms with Crippen LogP contribution in [-0.4, -0.2) is 103 Å². The van der Waals surface area contributed by atoms with E-state index in [0.717, 1.165) is 0 Å². The predicted octanol–water partition coefficient (Wildman–Crippen LogP) is 0.858. The van der Waals surface area contributed by atoms with Gasteiger partial charge in [-0.1, -0.05) is 5.16 Å². The molecule has 4 rings (SSSR count). The molecule has 0 aliphatic carbocycles. The van der Waals surface area contributed by atoms with E-state index in [-0.39, 0.29) is 25.7 Å². The third-order valence-electron chi connectivity index (χ3n) is 6.30. The number of hydrogen-bond donors (Lipinski definition) is 1. The van der Waals surface area contributed by atoms with Crippen LogP contribution in [0.5, 0.6) is 0 Å². The molecule has 37 heavy (non-hydrogen) atoms. The van der Waals surface area contributed by atoms with E-state index < -0.39 is 29.8 Å². The van der Waals surface area contributed by atoms with Crippen LogP contribution in [0.1, 0.15) is 20.3 Å². The molecule has 0 saturated carbocycles. The van der Waals surface area contributed by atoms with Crippen LogP contribution in [-0.2, 0) is 23.8 Å². The molecule has 2 unspecified atom stereocenters. The number of carbonyl (C=O) groups excluding carboxylic acids is 3. The Labute approximate surface area is 213 Å². The van der Waals surface area contributed by atoms with Crippen LogP contribution in [0.25, 0.3) is 11.4 Å². The van der Waals surface area contributed by atoms with Gasteiger partial charge < -0.3 is 14.2 Å². The van der Waals surface area contributed by atoms with Crippen LogP contribution in [0.15, 0.2) is 33.6 Å². The molecule has 1 aromatic heterocycles. The molecule has 1 N–H and O–H groups in total. The molecule has 2 fully saturated rings. The van der Waals surface area contributed by atoms with E-state index in [9.17, 15) is 19.2 Å². The molecule has 2 aliphatic rings. The normalized spacial score (nSPS) is 19.5. The third kappa shape index (κ3) is 6.54. The first-order valence-electron chi connectivity index (χ1n) is 12.3. The molecule has 3 heterocycles. The molecule has 0 radical (unpaired) electrons. The number of anilines is 1. The zero-order valence-electron chi connectivity index (χ0n) is 20.9. The highest BCUT2D eigenvalue weighted by atomic mass is 16.6. The summed E-state index contributed by atoms with van der Waals surface area (Å²) in [4.78, 5) is 56.4. The van der Waals surface area contributed by atoms with Crippen LogP contribution in [0.2, 0.25) is 0 Å². The van der Waals surface area contributed by atoms with E-state index in [1.54, 1.807) is 43.0 Å². The second-order valence-electron chi connectivity index (χ2n) is 8.72. The number of nitrogens with one attached hydrogen (secondary N) is 1. The molecule has 13 heteroatoms. The van der Waals surface area contributed by atoms with Crippen LogP contribution < -0.4 is 10.7 Å². The summed E-state index contributed by atoms with van der Waals surface area (Å²) in [7, 11) is 0. The van der Waals surface area contributed by atoms with Crippen molar-refractivity contribution in [3.05, 3.63) is 34.8 Å². The monoisotopic (exact) mass is 517 g/mol. The van der Waals surface area contributed by atoms with Gasteiger partial charge in [-0.3, -0.25) is 33.8 Å². The van der Waals surface area contributed by atoms with Gasteiger partial charge in [-0.25, -0.2) is 9.59 Å². The highest BCUT2D eigenvalue weighted by molar-refractivity contribution is 5.90. The fourth-order valence-electron chi connectivity index (χ4n) is 4.50. The van der Waals surface area contributed by atoms with Crippen molar-refractivity contribution in [2.45, 2.75) is 32.4 Å². The van der Waals surface area contributed by atoms with Gasteiger partial charge in [-0.15, -0.1) is 0 Å². The Morgan fingerprint density at radius 1 is 1.08 bits per heavy atom. The Bertz CT molecular complexity index is 1140. The van der Waals surface area contributed by atoms with Crippen molar-refractivity contribution in [3.63, 3.8) is 0 Å². The minimum atomic E-state index is -0.681. The number of rotatable bonds is 10. The third-order valence-corrected chi connectivity index (χ3v) is 6.30. The summed E-state index contributed by atoms with van der Waals surface area (Å²) in [5, 5.41) is 3.66. The molecule has 0 spiro atoms. The number of aromatic amines is 1. The maximum absolute atomic E-state index is 12.5. The number of piperazine rings is 1. The SMILES string of the molecule is CCOC(=O)CC(C(=O)OCC)N1CCN(CC2CN(c3ccc(-c4noc(=O)[nH]4)cc3)C(=O)O2)CC1. The second kappa shape index (κ2) is 12.0. The summed E-state index contributed by atoms with van der Waals surface area (Å²) in [6, 6.07) is 6.30. The molecule has 2 aliphatic heterocycles. The zero-order valence-corrected chi connectivity index (χ0v) is 20.9. The highest BCUT2D eigenvalue weighted by Crippen LogP contribution is 2.25. The molecule has 1 amide bonds. The minimum absolute atomic E-state index is 0.0482. The van der Waals surface area contributed by atoms with Gasteiger partial charge in [0.15, 0.2) is 5.82 Å². The van der Waals surface area contributed by atoms with Gasteiger partial charge in [0.1, 0.15) is 12.1 Å². The number of benzene rings is 1. The minimum Gasteiger partial charge on any atom is -0.466 e. The quantitative estimate of drug-likeness (QED) is 0.353. The lowest BCUT2D eigenvalue weighted by molar-refractivity contribution is -0.157. The number of nitrogens with zero attached hydrogens (tertiary/aromatic N) is 4. The van der Waals surface area contributed by atoms with Gasteiger partial charge >= 0.3 is 23.8 Å². The number of aromatic nitrogens is 2. The van der Waals surface area contributed by atoms with Crippen molar-refractivity contribution in [1.29, 1.82) is 0 Å². The largest absolute Gasteiger partial charge is 0.466 e. The maximum atomic E-state index is 12.5. The van der Waals surface area contributed by atoms with Gasteiger partial charge in [0, 0.05) is 44.0 Å². The van der Waals surface area contributed by atoms with Gasteiger partial charge in [0.05, 0.1) is 26.2 Å². The average Bonchev–Trinajstić information content (AvgIpc) is 3.48. The van der Waals surface area contributed by atoms with Crippen molar-refractivity contribution in [3.8, 4) is 11.4 Å². The summed E-state index contributed by atoms with van der Waals surface area (Å²) < 4.78 is 20.3. The molecule has 13 nitrogen and oxygen atoms in total. The van der Waals surface area contributed by atoms with E-state index >= 15 is 0 Å². The summed E-state index contributed by atoms with van der Waals surface area (Å²) in [5.74, 6) is -1.18. The first-order valence-corrected chi connectivity index (χ1v) is 12.3. The Kier molecular flexibility index (Phi) is 8.56. The first kappa shape index (κ1) is 26.4. The fourth-order valence-corrected chi connectivity index (χ4v) is 4.50. The van der Waals surface area contributed by atoms with E-state index in [2.05, 4.69) is 19.6 Å². The summed E-state index contributed by atoms with van der Waals surface area (Å²) >= 11 is 0. The molecular weight excluding hydrogens is 486 g/mol. The van der Waals surface area contributed by atoms with E-state index in [4.69, 9.17) is 14.2 Å². The number of hydrogen-bond acceptors (Lipinski definition) is 11. The Morgan fingerprint density at radius 2 is 1.78 bits per heavy atom. The Hall–Kier alpha value is -3.71. The van der Waals surface area contributed by atoms with Crippen molar-refractivity contribution in [2.75, 3.05) is 57.4 Å². The van der Waals surface area contributed by atoms with Crippen LogP contribution in [0, 0.1) is 0 Å². The van der Waals surface area contributed by atoms with Crippen molar-refractivity contribution >= 4 is 23.7 Å². The van der Waals surface area contributed by atoms with Gasteiger partial charge in [0.2, 0.25) is 0 Å². The van der Waals surface area contributed by atoms with Crippen LogP contribution in [0.3, 0.4) is 0 Å². The standard InChI is InChI=1S/C24H31N5O8/c1-3-34-20(30)13-19(22(31)35-4-2)28-11-9-27(10-12-28)14-18-15-29(24(33)36-18)17-7-5-16(6-8-17)21-25-23(32)37-26-21/h5-8,18-19H,3-4,9-15H2,1-2H3,(H,25,26,32). The Balaban J connectivity index is 1.30. The Morgan fingerprint density at radius 3 is 2.41 bits per heavy atom. The average molecular weight is 518 g/mol. The van der Waals surface area contributed by atoms with Crippen LogP contribution >= 0.6 is 0 Å². The summed E-state index contributed by atoms with van der Waals surface area (Å²) in [6.07, 6.45) is -0.790. The van der Waals surface area contributed by atoms with E-state index in [0.29, 0.717) is 56.3 Å². The smallest absolute Gasteiger partial charge is 0.439 e. The predicted molar refractivity (Wildman–Crippen MR) is 130 cm³/mol. The molecule has 2 saturated heterocycles. The number of ether oxygens (including phenoxy) is 3. The molecule has 0 bridgehead atoms. The zero-order chi connectivity index (χ0) is 26.4. The maximum Gasteiger partial charge on any atom is 0.439 e. The van der Waals surface area contributed by atoms with Gasteiger partial charge in [-0.2, -0.15) is 0 Å². The lowest BCUT2D eigenvalue weighted by atomic mass is 10.1. The number of cyclic esters (lactones) is 1. The number of esters is 2. The van der Waals surface area contributed by atoms with Crippen molar-refractivity contribution < 1.29 is 33.1 Å². The van der Waals surface area contributed by atoms with Crippen molar-refractivity contribution in [2.24, 2.45) is 0 Å². The summed E-state index contributed by atoms with van der Waals surface area (Å²) in [6.45, 7) is 7.34. The topological polar surface area (TPSA) is 148 Å².